The van der Waals surface area contributed by atoms with Crippen LogP contribution in [-0.2, 0) is 42.9 Å². The Labute approximate surface area is 224 Å². The first-order valence-corrected chi connectivity index (χ1v) is 11.3. The van der Waals surface area contributed by atoms with E-state index < -0.39 is 134 Å². The van der Waals surface area contributed by atoms with Crippen molar-refractivity contribution < 1.29 is 68.8 Å². The van der Waals surface area contributed by atoms with Crippen molar-refractivity contribution in [2.45, 2.75) is 56.4 Å². The van der Waals surface area contributed by atoms with E-state index in [4.69, 9.17) is 44.5 Å². The van der Waals surface area contributed by atoms with Crippen molar-refractivity contribution in [2.75, 3.05) is 32.8 Å². The zero-order valence-corrected chi connectivity index (χ0v) is 20.6. The van der Waals surface area contributed by atoms with Gasteiger partial charge in [0.15, 0.2) is 12.2 Å². The number of carbonyl (C=O) groups is 4. The molecule has 0 unspecified atom stereocenters. The molecule has 0 aromatic heterocycles. The zero-order valence-electron chi connectivity index (χ0n) is 20.6. The van der Waals surface area contributed by atoms with E-state index in [1.54, 1.807) is 0 Å². The molecule has 40 heavy (non-hydrogen) atoms. The number of esters is 4. The molecule has 5 atom stereocenters. The number of aliphatic hydroxyl groups is 1. The lowest BCUT2D eigenvalue weighted by molar-refractivity contribution is -0.299. The Balaban J connectivity index is 3.18. The maximum absolute atomic E-state index is 12.2. The topological polar surface area (TPSA) is 321 Å². The summed E-state index contributed by atoms with van der Waals surface area (Å²) in [5.74, 6) is -4.75. The molecule has 1 saturated heterocycles. The average Bonchev–Trinajstić information content (AvgIpc) is 2.86. The molecule has 0 aliphatic carbocycles. The summed E-state index contributed by atoms with van der Waals surface area (Å²) < 4.78 is 25.3. The van der Waals surface area contributed by atoms with Gasteiger partial charge < -0.3 is 70.4 Å². The molecule has 1 heterocycles. The van der Waals surface area contributed by atoms with E-state index in [1.165, 1.54) is 0 Å². The molecule has 1 aliphatic rings. The summed E-state index contributed by atoms with van der Waals surface area (Å²) in [6, 6.07) is 0. The summed E-state index contributed by atoms with van der Waals surface area (Å²) >= 11 is 0. The van der Waals surface area contributed by atoms with Crippen LogP contribution in [0, 0.1) is 20.8 Å². The van der Waals surface area contributed by atoms with Crippen molar-refractivity contribution in [3.63, 3.8) is 0 Å². The Morgan fingerprint density at radius 2 is 1.00 bits per heavy atom. The van der Waals surface area contributed by atoms with Crippen molar-refractivity contribution in [3.8, 4) is 0 Å². The molecule has 1 rings (SSSR count). The van der Waals surface area contributed by atoms with Gasteiger partial charge in [0.25, 0.3) is 0 Å². The lowest BCUT2D eigenvalue weighted by atomic mass is 9.98. The number of hydroxylamine groups is 8. The Kier molecular flexibility index (Phi) is 15.8. The predicted octanol–water partition coefficient (Wildman–Crippen LogP) is -2.70. The van der Waals surface area contributed by atoms with Crippen LogP contribution >= 0.6 is 0 Å². The molecule has 232 valence electrons. The SMILES string of the molecule is O=C(CCN([O-])O)OC[C@H]1O[C@@H](OC(=O)CCN([O-])O)[C@H](OC(=O)CCN([O-])O)[C@@H](O)[C@@H]1OC(=O)CCN([O-])O. The van der Waals surface area contributed by atoms with Crippen LogP contribution in [0.15, 0.2) is 0 Å². The van der Waals surface area contributed by atoms with Crippen LogP contribution in [0.4, 0.5) is 0 Å². The Morgan fingerprint density at radius 3 is 1.43 bits per heavy atom. The molecule has 1 fully saturated rings. The summed E-state index contributed by atoms with van der Waals surface area (Å²) in [6.45, 7) is -3.84. The number of hydrogen-bond acceptors (Lipinski definition) is 22. The van der Waals surface area contributed by atoms with Gasteiger partial charge in [-0.3, -0.25) is 40.1 Å². The lowest BCUT2D eigenvalue weighted by Gasteiger charge is -2.42. The van der Waals surface area contributed by atoms with E-state index >= 15 is 0 Å². The second-order valence-corrected chi connectivity index (χ2v) is 7.92. The minimum atomic E-state index is -2.11. The molecule has 0 aromatic carbocycles. The van der Waals surface area contributed by atoms with E-state index in [0.717, 1.165) is 0 Å². The quantitative estimate of drug-likeness (QED) is 0.0655. The van der Waals surface area contributed by atoms with Crippen LogP contribution in [0.3, 0.4) is 0 Å². The highest BCUT2D eigenvalue weighted by atomic mass is 16.8. The van der Waals surface area contributed by atoms with Crippen molar-refractivity contribution in [1.82, 2.24) is 20.9 Å². The van der Waals surface area contributed by atoms with Gasteiger partial charge in [0.2, 0.25) is 6.29 Å². The molecule has 0 aromatic rings. The van der Waals surface area contributed by atoms with Crippen molar-refractivity contribution in [2.24, 2.45) is 0 Å². The van der Waals surface area contributed by atoms with Crippen molar-refractivity contribution >= 4 is 23.9 Å². The van der Waals surface area contributed by atoms with Gasteiger partial charge in [-0.05, 0) is 0 Å². The largest absolute Gasteiger partial charge is 0.762 e. The van der Waals surface area contributed by atoms with E-state index in [2.05, 4.69) is 0 Å². The summed E-state index contributed by atoms with van der Waals surface area (Å²) in [5.41, 5.74) is 0. The van der Waals surface area contributed by atoms with Crippen LogP contribution in [0.25, 0.3) is 0 Å². The van der Waals surface area contributed by atoms with Crippen LogP contribution in [0.5, 0.6) is 0 Å². The van der Waals surface area contributed by atoms with Gasteiger partial charge in [-0.25, -0.2) is 0 Å². The molecule has 22 nitrogen and oxygen atoms in total. The fourth-order valence-electron chi connectivity index (χ4n) is 3.00. The van der Waals surface area contributed by atoms with E-state index in [1.807, 2.05) is 0 Å². The number of carbonyl (C=O) groups excluding carboxylic acids is 4. The molecular weight excluding hydrogens is 560 g/mol. The smallest absolute Gasteiger partial charge is 0.309 e. The summed E-state index contributed by atoms with van der Waals surface area (Å²) in [7, 11) is 0. The molecule has 0 bridgehead atoms. The number of ether oxygens (including phenoxy) is 5. The summed E-state index contributed by atoms with van der Waals surface area (Å²) in [5, 5.41) is 85.8. The van der Waals surface area contributed by atoms with Crippen LogP contribution < -0.4 is 0 Å². The highest BCUT2D eigenvalue weighted by Gasteiger charge is 2.51. The molecule has 22 heteroatoms. The van der Waals surface area contributed by atoms with E-state index in [9.17, 15) is 45.1 Å². The van der Waals surface area contributed by atoms with Gasteiger partial charge >= 0.3 is 23.9 Å². The third-order valence-electron chi connectivity index (χ3n) is 4.84. The molecule has 5 N–H and O–H groups in total. The van der Waals surface area contributed by atoms with Crippen molar-refractivity contribution in [3.05, 3.63) is 20.8 Å². The summed E-state index contributed by atoms with van der Waals surface area (Å²) in [6.07, 6.45) is -12.5. The first-order chi connectivity index (χ1) is 18.7. The minimum absolute atomic E-state index is 0.556. The van der Waals surface area contributed by atoms with Crippen molar-refractivity contribution in [1.29, 1.82) is 0 Å². The van der Waals surface area contributed by atoms with Gasteiger partial charge in [0, 0.05) is 26.2 Å². The third-order valence-corrected chi connectivity index (χ3v) is 4.84. The minimum Gasteiger partial charge on any atom is -0.762 e. The van der Waals surface area contributed by atoms with Gasteiger partial charge in [0.05, 0.1) is 25.7 Å². The monoisotopic (exact) mass is 588 g/mol. The fraction of sp³-hybridized carbons (Fsp3) is 0.778. The maximum Gasteiger partial charge on any atom is 0.309 e. The normalized spacial score (nSPS) is 23.0. The standard InChI is InChI=1S/C18H28N4O18/c23-11(1-5-19(28)29)36-9-10-16(38-12(24)2-6-20(30)31)15(27)17(39-13(25)3-7-21(32)33)18(37-10)40-14(26)4-8-22(34)35/h10,15-18,27-28,30,32,34H,1-9H2/q-4/t10-,15+,16-,17-,18+/m1/s1. The third kappa shape index (κ3) is 14.1. The Hall–Kier alpha value is -2.68. The van der Waals surface area contributed by atoms with Crippen LogP contribution in [0.2, 0.25) is 0 Å². The molecule has 0 spiro atoms. The number of aliphatic hydroxyl groups excluding tert-OH is 1. The predicted molar refractivity (Wildman–Crippen MR) is 117 cm³/mol. The van der Waals surface area contributed by atoms with Gasteiger partial charge in [-0.2, -0.15) is 0 Å². The van der Waals surface area contributed by atoms with E-state index in [0.29, 0.717) is 0 Å². The van der Waals surface area contributed by atoms with Crippen LogP contribution in [-0.4, -0.2) is 134 Å². The molecule has 0 saturated carbocycles. The van der Waals surface area contributed by atoms with Gasteiger partial charge in [-0.15, -0.1) is 0 Å². The molecule has 0 radical (unpaired) electrons. The number of rotatable bonds is 17. The van der Waals surface area contributed by atoms with Gasteiger partial charge in [-0.1, -0.05) is 0 Å². The van der Waals surface area contributed by atoms with E-state index in [-0.39, 0.29) is 0 Å². The highest BCUT2D eigenvalue weighted by molar-refractivity contribution is 5.71. The lowest BCUT2D eigenvalue weighted by Crippen LogP contribution is -2.62. The molecular formula is C18H28N4O18-4. The van der Waals surface area contributed by atoms with Gasteiger partial charge in [0.1, 0.15) is 18.8 Å². The molecule has 0 amide bonds. The second kappa shape index (κ2) is 17.9. The average molecular weight is 588 g/mol. The number of hydrogen-bond donors (Lipinski definition) is 5. The fourth-order valence-corrected chi connectivity index (χ4v) is 3.00. The first-order valence-electron chi connectivity index (χ1n) is 11.3. The Morgan fingerprint density at radius 1 is 0.625 bits per heavy atom. The Bertz CT molecular complexity index is 812. The number of nitrogens with zero attached hydrogens (tertiary/aromatic N) is 4. The highest BCUT2D eigenvalue weighted by Crippen LogP contribution is 2.28. The second-order valence-electron chi connectivity index (χ2n) is 7.92. The first kappa shape index (κ1) is 35.3. The molecule has 1 aliphatic heterocycles. The summed E-state index contributed by atoms with van der Waals surface area (Å²) in [4.78, 5) is 48.3. The van der Waals surface area contributed by atoms with Crippen LogP contribution in [0.1, 0.15) is 25.7 Å². The maximum atomic E-state index is 12.2. The zero-order chi connectivity index (χ0) is 30.4.